The summed E-state index contributed by atoms with van der Waals surface area (Å²) in [6, 6.07) is 6.61. The third kappa shape index (κ3) is 3.14. The highest BCUT2D eigenvalue weighted by molar-refractivity contribution is 7.98. The molecule has 0 spiro atoms. The van der Waals surface area contributed by atoms with Gasteiger partial charge in [-0.15, -0.1) is 0 Å². The fourth-order valence-electron chi connectivity index (χ4n) is 2.87. The van der Waals surface area contributed by atoms with Crippen molar-refractivity contribution >= 4 is 22.9 Å². The van der Waals surface area contributed by atoms with Gasteiger partial charge in [0.05, 0.1) is 6.33 Å². The van der Waals surface area contributed by atoms with Crippen molar-refractivity contribution < 1.29 is 9.13 Å². The summed E-state index contributed by atoms with van der Waals surface area (Å²) < 4.78 is 21.1. The van der Waals surface area contributed by atoms with E-state index in [1.54, 1.807) is 24.8 Å². The van der Waals surface area contributed by atoms with Gasteiger partial charge in [-0.2, -0.15) is 0 Å². The number of ether oxygens (including phenoxy) is 1. The minimum Gasteiger partial charge on any atom is -0.358 e. The molecule has 0 saturated carbocycles. The number of hydrogen-bond donors (Lipinski definition) is 0. The zero-order valence-corrected chi connectivity index (χ0v) is 13.9. The fourth-order valence-corrected chi connectivity index (χ4v) is 3.75. The smallest absolute Gasteiger partial charge is 0.166 e. The number of rotatable bonds is 4. The van der Waals surface area contributed by atoms with E-state index < -0.39 is 0 Å². The summed E-state index contributed by atoms with van der Waals surface area (Å²) in [7, 11) is 0. The first-order chi connectivity index (χ1) is 11.8. The van der Waals surface area contributed by atoms with Crippen LogP contribution >= 0.6 is 11.8 Å². The van der Waals surface area contributed by atoms with Crippen LogP contribution in [0.4, 0.5) is 4.39 Å². The first kappa shape index (κ1) is 15.5. The van der Waals surface area contributed by atoms with Crippen LogP contribution in [0.2, 0.25) is 0 Å². The fraction of sp³-hybridized carbons (Fsp3) is 0.353. The van der Waals surface area contributed by atoms with E-state index in [1.165, 1.54) is 17.8 Å². The van der Waals surface area contributed by atoms with Gasteiger partial charge in [0.25, 0.3) is 0 Å². The number of fused-ring (bicyclic) bond motifs is 1. The van der Waals surface area contributed by atoms with Crippen LogP contribution in [0.1, 0.15) is 31.1 Å². The minimum atomic E-state index is -0.223. The summed E-state index contributed by atoms with van der Waals surface area (Å²) in [4.78, 5) is 13.2. The lowest BCUT2D eigenvalue weighted by molar-refractivity contribution is -0.0298. The second-order valence-electron chi connectivity index (χ2n) is 5.74. The van der Waals surface area contributed by atoms with E-state index in [-0.39, 0.29) is 12.0 Å². The maximum absolute atomic E-state index is 13.3. The molecule has 1 aliphatic heterocycles. The lowest BCUT2D eigenvalue weighted by Crippen LogP contribution is -2.17. The van der Waals surface area contributed by atoms with Crippen molar-refractivity contribution in [1.82, 2.24) is 19.5 Å². The molecule has 1 atom stereocenters. The van der Waals surface area contributed by atoms with Gasteiger partial charge >= 0.3 is 0 Å². The van der Waals surface area contributed by atoms with E-state index in [2.05, 4.69) is 15.0 Å². The highest BCUT2D eigenvalue weighted by Gasteiger charge is 2.20. The summed E-state index contributed by atoms with van der Waals surface area (Å²) in [6.07, 6.45) is 6.56. The number of benzene rings is 1. The highest BCUT2D eigenvalue weighted by Crippen LogP contribution is 2.30. The van der Waals surface area contributed by atoms with Gasteiger partial charge < -0.3 is 4.74 Å². The third-order valence-corrected chi connectivity index (χ3v) is 5.11. The van der Waals surface area contributed by atoms with Crippen LogP contribution in [0.3, 0.4) is 0 Å². The Labute approximate surface area is 143 Å². The molecule has 0 N–H and O–H groups in total. The van der Waals surface area contributed by atoms with Gasteiger partial charge in [0.2, 0.25) is 0 Å². The largest absolute Gasteiger partial charge is 0.358 e. The van der Waals surface area contributed by atoms with Crippen LogP contribution in [0.25, 0.3) is 11.2 Å². The Balaban J connectivity index is 1.58. The molecular formula is C17H17FN4OS. The summed E-state index contributed by atoms with van der Waals surface area (Å²) in [5.74, 6) is 0.413. The molecule has 1 aliphatic rings. The topological polar surface area (TPSA) is 52.8 Å². The van der Waals surface area contributed by atoms with Crippen LogP contribution < -0.4 is 0 Å². The van der Waals surface area contributed by atoms with Gasteiger partial charge in [-0.3, -0.25) is 4.57 Å². The second kappa shape index (κ2) is 6.86. The first-order valence-electron chi connectivity index (χ1n) is 7.97. The summed E-state index contributed by atoms with van der Waals surface area (Å²) >= 11 is 1.54. The lowest BCUT2D eigenvalue weighted by Gasteiger charge is -2.23. The number of halogens is 1. The maximum atomic E-state index is 13.3. The van der Waals surface area contributed by atoms with Crippen LogP contribution in [-0.2, 0) is 10.5 Å². The Hall–Kier alpha value is -1.99. The zero-order chi connectivity index (χ0) is 16.4. The van der Waals surface area contributed by atoms with Gasteiger partial charge in [0, 0.05) is 12.4 Å². The van der Waals surface area contributed by atoms with Crippen molar-refractivity contribution in [3.63, 3.8) is 0 Å². The van der Waals surface area contributed by atoms with Crippen molar-refractivity contribution in [2.24, 2.45) is 0 Å². The Bertz CT molecular complexity index is 847. The molecule has 1 aromatic carbocycles. The van der Waals surface area contributed by atoms with E-state index in [9.17, 15) is 4.39 Å². The molecule has 0 amide bonds. The highest BCUT2D eigenvalue weighted by atomic mass is 32.2. The molecule has 0 radical (unpaired) electrons. The summed E-state index contributed by atoms with van der Waals surface area (Å²) in [5, 5.41) is 0.804. The molecule has 1 saturated heterocycles. The average molecular weight is 344 g/mol. The van der Waals surface area contributed by atoms with Crippen LogP contribution in [0, 0.1) is 5.82 Å². The summed E-state index contributed by atoms with van der Waals surface area (Å²) in [6.45, 7) is 0.774. The molecule has 24 heavy (non-hydrogen) atoms. The lowest BCUT2D eigenvalue weighted by atomic mass is 10.2. The Morgan fingerprint density at radius 2 is 2.21 bits per heavy atom. The number of aromatic nitrogens is 4. The molecule has 0 aliphatic carbocycles. The summed E-state index contributed by atoms with van der Waals surface area (Å²) in [5.41, 5.74) is 2.48. The van der Waals surface area contributed by atoms with Crippen molar-refractivity contribution in [2.45, 2.75) is 36.3 Å². The standard InChI is InChI=1S/C17H17FN4OS/c18-13-5-3-4-12(8-13)9-24-17-15-16(19-10-20-17)22(11-21-15)14-6-1-2-7-23-14/h3-5,8,10-11,14H,1-2,6-7,9H2/t14-/m0/s1. The number of nitrogens with zero attached hydrogens (tertiary/aromatic N) is 4. The molecule has 3 heterocycles. The molecule has 1 fully saturated rings. The monoisotopic (exact) mass is 344 g/mol. The molecule has 7 heteroatoms. The van der Waals surface area contributed by atoms with E-state index in [4.69, 9.17) is 4.74 Å². The predicted molar refractivity (Wildman–Crippen MR) is 90.1 cm³/mol. The molecule has 0 unspecified atom stereocenters. The van der Waals surface area contributed by atoms with Gasteiger partial charge in [-0.1, -0.05) is 23.9 Å². The van der Waals surface area contributed by atoms with Crippen molar-refractivity contribution in [2.75, 3.05) is 6.61 Å². The molecule has 5 nitrogen and oxygen atoms in total. The molecular weight excluding hydrogens is 327 g/mol. The molecule has 2 aromatic heterocycles. The Kier molecular flexibility index (Phi) is 4.44. The van der Waals surface area contributed by atoms with Gasteiger partial charge in [-0.05, 0) is 37.0 Å². The quantitative estimate of drug-likeness (QED) is 0.530. The Morgan fingerprint density at radius 1 is 1.25 bits per heavy atom. The van der Waals surface area contributed by atoms with Crippen molar-refractivity contribution in [1.29, 1.82) is 0 Å². The van der Waals surface area contributed by atoms with E-state index in [1.807, 2.05) is 10.6 Å². The molecule has 0 bridgehead atoms. The van der Waals surface area contributed by atoms with Crippen molar-refractivity contribution in [3.8, 4) is 0 Å². The van der Waals surface area contributed by atoms with Crippen LogP contribution in [-0.4, -0.2) is 26.1 Å². The predicted octanol–water partition coefficient (Wildman–Crippen LogP) is 3.96. The SMILES string of the molecule is Fc1cccc(CSc2ncnc3c2ncn3[C@@H]2CCCCO2)c1. The van der Waals surface area contributed by atoms with Gasteiger partial charge in [0.15, 0.2) is 5.65 Å². The third-order valence-electron chi connectivity index (χ3n) is 4.06. The van der Waals surface area contributed by atoms with E-state index in [0.717, 1.165) is 47.6 Å². The normalized spacial score (nSPS) is 18.1. The number of thioether (sulfide) groups is 1. The van der Waals surface area contributed by atoms with E-state index in [0.29, 0.717) is 5.75 Å². The maximum Gasteiger partial charge on any atom is 0.166 e. The molecule has 4 rings (SSSR count). The first-order valence-corrected chi connectivity index (χ1v) is 8.96. The van der Waals surface area contributed by atoms with Crippen molar-refractivity contribution in [3.05, 3.63) is 48.3 Å². The van der Waals surface area contributed by atoms with Crippen LogP contribution in [0.5, 0.6) is 0 Å². The Morgan fingerprint density at radius 3 is 3.04 bits per heavy atom. The molecule has 3 aromatic rings. The number of hydrogen-bond acceptors (Lipinski definition) is 5. The van der Waals surface area contributed by atoms with E-state index >= 15 is 0 Å². The zero-order valence-electron chi connectivity index (χ0n) is 13.1. The van der Waals surface area contributed by atoms with Crippen LogP contribution in [0.15, 0.2) is 41.9 Å². The van der Waals surface area contributed by atoms with Gasteiger partial charge in [0.1, 0.15) is 28.9 Å². The van der Waals surface area contributed by atoms with Gasteiger partial charge in [-0.25, -0.2) is 19.3 Å². The number of imidazole rings is 1. The molecule has 124 valence electrons. The minimum absolute atomic E-state index is 0.000260. The second-order valence-corrected chi connectivity index (χ2v) is 6.71. The average Bonchev–Trinajstić information content (AvgIpc) is 3.05.